The van der Waals surface area contributed by atoms with Gasteiger partial charge in [0.2, 0.25) is 5.78 Å². The Morgan fingerprint density at radius 2 is 1.48 bits per heavy atom. The molecule has 0 aliphatic carbocycles. The first-order chi connectivity index (χ1) is 13.9. The van der Waals surface area contributed by atoms with Crippen molar-refractivity contribution in [3.8, 4) is 17.2 Å². The molecular weight excluding hydrogens is 384 g/mol. The number of rotatable bonds is 7. The Labute approximate surface area is 176 Å². The van der Waals surface area contributed by atoms with Gasteiger partial charge < -0.3 is 14.2 Å². The first kappa shape index (κ1) is 21.7. The van der Waals surface area contributed by atoms with Gasteiger partial charge in [-0.25, -0.2) is 0 Å². The summed E-state index contributed by atoms with van der Waals surface area (Å²) in [5, 5.41) is 0.0179. The summed E-state index contributed by atoms with van der Waals surface area (Å²) in [5.41, 5.74) is 0.678. The average molecular weight is 416 g/mol. The highest BCUT2D eigenvalue weighted by Crippen LogP contribution is 2.32. The number of carbonyl (C=O) groups excluding carboxylic acids is 1. The van der Waals surface area contributed by atoms with Gasteiger partial charge in [0.15, 0.2) is 5.25 Å². The monoisotopic (exact) mass is 415 g/mol. The van der Waals surface area contributed by atoms with Gasteiger partial charge in [-0.3, -0.25) is 4.79 Å². The molecule has 5 heteroatoms. The smallest absolute Gasteiger partial charge is 0.215 e. The van der Waals surface area contributed by atoms with E-state index < -0.39 is 0 Å². The Hall–Kier alpha value is -1.98. The largest absolute Gasteiger partial charge is 0.494 e. The van der Waals surface area contributed by atoms with Crippen LogP contribution < -0.4 is 9.47 Å². The van der Waals surface area contributed by atoms with Crippen molar-refractivity contribution in [2.75, 3.05) is 31.3 Å². The van der Waals surface area contributed by atoms with Gasteiger partial charge in [-0.2, -0.15) is 0 Å². The minimum atomic E-state index is -0.0744. The Morgan fingerprint density at radius 1 is 0.966 bits per heavy atom. The molecule has 0 N–H and O–H groups in total. The first-order valence-corrected chi connectivity index (χ1v) is 11.8. The van der Waals surface area contributed by atoms with Crippen LogP contribution in [0.2, 0.25) is 0 Å². The lowest BCUT2D eigenvalue weighted by Crippen LogP contribution is -2.47. The molecule has 1 aliphatic rings. The van der Waals surface area contributed by atoms with Crippen molar-refractivity contribution in [1.82, 2.24) is 0 Å². The summed E-state index contributed by atoms with van der Waals surface area (Å²) < 4.78 is 16.9. The van der Waals surface area contributed by atoms with Gasteiger partial charge in [-0.15, -0.1) is 0 Å². The van der Waals surface area contributed by atoms with Crippen molar-refractivity contribution in [2.24, 2.45) is 5.41 Å². The molecule has 0 aromatic heterocycles. The molecule has 1 heterocycles. The molecular formula is C24H31O4S+. The second-order valence-electron chi connectivity index (χ2n) is 8.20. The van der Waals surface area contributed by atoms with E-state index in [-0.39, 0.29) is 27.3 Å². The number of Topliss-reactive ketones (excluding diaryl/α,β-unsaturated/α-hetero) is 1. The molecule has 1 saturated heterocycles. The van der Waals surface area contributed by atoms with E-state index in [2.05, 4.69) is 20.8 Å². The summed E-state index contributed by atoms with van der Waals surface area (Å²) in [7, 11) is 0.0588. The second-order valence-corrected chi connectivity index (χ2v) is 10.6. The molecule has 29 heavy (non-hydrogen) atoms. The van der Waals surface area contributed by atoms with Crippen molar-refractivity contribution in [1.29, 1.82) is 0 Å². The van der Waals surface area contributed by atoms with Crippen molar-refractivity contribution >= 4 is 16.7 Å². The topological polar surface area (TPSA) is 44.8 Å². The fraction of sp³-hybridized carbons (Fsp3) is 0.458. The van der Waals surface area contributed by atoms with Gasteiger partial charge in [0, 0.05) is 21.9 Å². The molecule has 0 amide bonds. The Bertz CT molecular complexity index is 787. The third kappa shape index (κ3) is 5.77. The average Bonchev–Trinajstić information content (AvgIpc) is 2.70. The van der Waals surface area contributed by atoms with Crippen LogP contribution in [0.5, 0.6) is 17.2 Å². The molecule has 1 unspecified atom stereocenters. The lowest BCUT2D eigenvalue weighted by molar-refractivity contribution is 0.0946. The molecule has 4 nitrogen and oxygen atoms in total. The highest BCUT2D eigenvalue weighted by Gasteiger charge is 2.46. The maximum atomic E-state index is 13.4. The van der Waals surface area contributed by atoms with Crippen LogP contribution in [0.3, 0.4) is 0 Å². The second kappa shape index (κ2) is 9.68. The zero-order chi connectivity index (χ0) is 20.9. The fourth-order valence-electron chi connectivity index (χ4n) is 3.56. The van der Waals surface area contributed by atoms with Crippen LogP contribution in [0.4, 0.5) is 0 Å². The van der Waals surface area contributed by atoms with Crippen LogP contribution in [-0.4, -0.2) is 42.4 Å². The van der Waals surface area contributed by atoms with Crippen LogP contribution in [0.1, 0.15) is 38.1 Å². The Kier molecular flexibility index (Phi) is 7.25. The number of hydrogen-bond acceptors (Lipinski definition) is 4. The van der Waals surface area contributed by atoms with Crippen molar-refractivity contribution in [2.45, 2.75) is 32.9 Å². The SMILES string of the molecule is CCOc1ccc(Oc2ccc(C(=O)C([S+]3CCOCC3)C(C)(C)C)cc2)cc1. The zero-order valence-corrected chi connectivity index (χ0v) is 18.6. The van der Waals surface area contributed by atoms with Crippen LogP contribution >= 0.6 is 0 Å². The number of carbonyl (C=O) groups is 1. The quantitative estimate of drug-likeness (QED) is 0.465. The van der Waals surface area contributed by atoms with Gasteiger partial charge in [-0.1, -0.05) is 20.8 Å². The van der Waals surface area contributed by atoms with Crippen LogP contribution in [-0.2, 0) is 15.6 Å². The standard InChI is InChI=1S/C24H31O4S/c1-5-27-19-10-12-21(13-11-19)28-20-8-6-18(7-9-20)22(25)23(24(2,3)4)29-16-14-26-15-17-29/h6-13,23H,5,14-17H2,1-4H3/q+1. The highest BCUT2D eigenvalue weighted by molar-refractivity contribution is 7.98. The lowest BCUT2D eigenvalue weighted by atomic mass is 9.87. The van der Waals surface area contributed by atoms with Gasteiger partial charge in [0.05, 0.1) is 19.8 Å². The maximum Gasteiger partial charge on any atom is 0.215 e. The molecule has 0 radical (unpaired) electrons. The summed E-state index contributed by atoms with van der Waals surface area (Å²) in [5.74, 6) is 4.47. The predicted molar refractivity (Wildman–Crippen MR) is 120 cm³/mol. The molecule has 3 rings (SSSR count). The molecule has 1 aliphatic heterocycles. The number of benzene rings is 2. The summed E-state index contributed by atoms with van der Waals surface area (Å²) in [6.45, 7) is 10.6. The zero-order valence-electron chi connectivity index (χ0n) is 17.8. The minimum Gasteiger partial charge on any atom is -0.494 e. The summed E-state index contributed by atoms with van der Waals surface area (Å²) in [6, 6.07) is 15.0. The summed E-state index contributed by atoms with van der Waals surface area (Å²) >= 11 is 0. The third-order valence-corrected chi connectivity index (χ3v) is 7.82. The normalized spacial score (nSPS) is 16.3. The van der Waals surface area contributed by atoms with Crippen molar-refractivity contribution in [3.63, 3.8) is 0 Å². The van der Waals surface area contributed by atoms with E-state index in [9.17, 15) is 4.79 Å². The maximum absolute atomic E-state index is 13.4. The third-order valence-electron chi connectivity index (χ3n) is 4.85. The predicted octanol–water partition coefficient (Wildman–Crippen LogP) is 5.12. The molecule has 1 fully saturated rings. The van der Waals surface area contributed by atoms with E-state index in [1.54, 1.807) is 0 Å². The van der Waals surface area contributed by atoms with E-state index in [1.165, 1.54) is 0 Å². The van der Waals surface area contributed by atoms with Crippen LogP contribution in [0, 0.1) is 5.41 Å². The van der Waals surface area contributed by atoms with Gasteiger partial charge >= 0.3 is 0 Å². The van der Waals surface area contributed by atoms with E-state index >= 15 is 0 Å². The molecule has 1 atom stereocenters. The Balaban J connectivity index is 1.71. The minimum absolute atomic E-state index is 0.0179. The molecule has 0 saturated carbocycles. The fourth-order valence-corrected chi connectivity index (χ4v) is 6.34. The molecule has 2 aromatic rings. The first-order valence-electron chi connectivity index (χ1n) is 10.2. The van der Waals surface area contributed by atoms with Gasteiger partial charge in [0.25, 0.3) is 0 Å². The van der Waals surface area contributed by atoms with E-state index in [0.29, 0.717) is 12.4 Å². The van der Waals surface area contributed by atoms with Gasteiger partial charge in [0.1, 0.15) is 28.8 Å². The number of ether oxygens (including phenoxy) is 3. The molecule has 156 valence electrons. The van der Waals surface area contributed by atoms with E-state index in [4.69, 9.17) is 14.2 Å². The van der Waals surface area contributed by atoms with E-state index in [1.807, 2.05) is 55.5 Å². The van der Waals surface area contributed by atoms with E-state index in [0.717, 1.165) is 41.8 Å². The van der Waals surface area contributed by atoms with Crippen LogP contribution in [0.25, 0.3) is 0 Å². The lowest BCUT2D eigenvalue weighted by Gasteiger charge is -2.31. The molecule has 0 spiro atoms. The van der Waals surface area contributed by atoms with Crippen molar-refractivity contribution < 1.29 is 19.0 Å². The van der Waals surface area contributed by atoms with Gasteiger partial charge in [-0.05, 0) is 55.5 Å². The molecule has 2 aromatic carbocycles. The van der Waals surface area contributed by atoms with Crippen LogP contribution in [0.15, 0.2) is 48.5 Å². The Morgan fingerprint density at radius 3 is 2.00 bits per heavy atom. The summed E-state index contributed by atoms with van der Waals surface area (Å²) in [4.78, 5) is 13.4. The summed E-state index contributed by atoms with van der Waals surface area (Å²) in [6.07, 6.45) is 0. The van der Waals surface area contributed by atoms with Crippen molar-refractivity contribution in [3.05, 3.63) is 54.1 Å². The number of ketones is 1. The number of hydrogen-bond donors (Lipinski definition) is 0. The highest BCUT2D eigenvalue weighted by atomic mass is 32.2. The molecule has 0 bridgehead atoms.